The molecule has 14 heavy (non-hydrogen) atoms. The minimum absolute atomic E-state index is 0.385. The van der Waals surface area contributed by atoms with Crippen molar-refractivity contribution in [2.75, 3.05) is 0 Å². The molecule has 1 aromatic heterocycles. The molecule has 0 aliphatic rings. The molecule has 0 amide bonds. The van der Waals surface area contributed by atoms with Gasteiger partial charge in [0, 0.05) is 12.4 Å². The van der Waals surface area contributed by atoms with Gasteiger partial charge in [0.15, 0.2) is 0 Å². The van der Waals surface area contributed by atoms with Crippen molar-refractivity contribution >= 4 is 0 Å². The van der Waals surface area contributed by atoms with Crippen LogP contribution in [0.15, 0.2) is 24.5 Å². The summed E-state index contributed by atoms with van der Waals surface area (Å²) in [5, 5.41) is 0. The lowest BCUT2D eigenvalue weighted by atomic mass is 9.72. The van der Waals surface area contributed by atoms with Crippen LogP contribution in [-0.4, -0.2) is 4.98 Å². The Morgan fingerprint density at radius 3 is 2.21 bits per heavy atom. The fourth-order valence-electron chi connectivity index (χ4n) is 2.08. The van der Waals surface area contributed by atoms with Gasteiger partial charge in [0.05, 0.1) is 0 Å². The molecule has 1 nitrogen and oxygen atoms in total. The second-order valence-electron chi connectivity index (χ2n) is 4.58. The van der Waals surface area contributed by atoms with Crippen LogP contribution in [-0.2, 0) is 0 Å². The highest BCUT2D eigenvalue weighted by atomic mass is 14.6. The minimum atomic E-state index is 0.385. The van der Waals surface area contributed by atoms with Crippen LogP contribution < -0.4 is 0 Å². The van der Waals surface area contributed by atoms with Crippen LogP contribution in [0.4, 0.5) is 0 Å². The number of pyridine rings is 1. The molecule has 1 atom stereocenters. The van der Waals surface area contributed by atoms with Gasteiger partial charge in [-0.15, -0.1) is 0 Å². The monoisotopic (exact) mass is 191 g/mol. The van der Waals surface area contributed by atoms with E-state index in [1.807, 2.05) is 12.4 Å². The van der Waals surface area contributed by atoms with Crippen LogP contribution in [0.3, 0.4) is 0 Å². The summed E-state index contributed by atoms with van der Waals surface area (Å²) in [4.78, 5) is 4.07. The van der Waals surface area contributed by atoms with Gasteiger partial charge in [0.1, 0.15) is 0 Å². The maximum atomic E-state index is 4.07. The molecule has 1 heteroatoms. The zero-order valence-electron chi connectivity index (χ0n) is 9.75. The Morgan fingerprint density at radius 1 is 1.21 bits per heavy atom. The zero-order chi connectivity index (χ0) is 10.6. The second-order valence-corrected chi connectivity index (χ2v) is 4.58. The van der Waals surface area contributed by atoms with Crippen LogP contribution in [0.2, 0.25) is 0 Å². The number of hydrogen-bond acceptors (Lipinski definition) is 1. The Morgan fingerprint density at radius 2 is 1.79 bits per heavy atom. The molecule has 0 saturated carbocycles. The van der Waals surface area contributed by atoms with Crippen LogP contribution in [0.5, 0.6) is 0 Å². The lowest BCUT2D eigenvalue weighted by Gasteiger charge is -2.33. The van der Waals surface area contributed by atoms with E-state index in [2.05, 4.69) is 44.8 Å². The number of rotatable bonds is 4. The molecule has 0 bridgehead atoms. The molecule has 1 aromatic rings. The fourth-order valence-corrected chi connectivity index (χ4v) is 2.08. The van der Waals surface area contributed by atoms with Crippen molar-refractivity contribution in [2.24, 2.45) is 5.41 Å². The van der Waals surface area contributed by atoms with E-state index in [1.54, 1.807) is 0 Å². The topological polar surface area (TPSA) is 12.9 Å². The summed E-state index contributed by atoms with van der Waals surface area (Å²) in [6.45, 7) is 9.23. The van der Waals surface area contributed by atoms with Crippen molar-refractivity contribution in [3.63, 3.8) is 0 Å². The number of aromatic nitrogens is 1. The van der Waals surface area contributed by atoms with Gasteiger partial charge in [-0.25, -0.2) is 0 Å². The van der Waals surface area contributed by atoms with Crippen molar-refractivity contribution in [3.8, 4) is 0 Å². The molecular weight excluding hydrogens is 170 g/mol. The highest BCUT2D eigenvalue weighted by molar-refractivity contribution is 5.18. The molecule has 0 saturated heterocycles. The van der Waals surface area contributed by atoms with Gasteiger partial charge in [0.2, 0.25) is 0 Å². The Balaban J connectivity index is 2.93. The van der Waals surface area contributed by atoms with Crippen molar-refractivity contribution in [1.29, 1.82) is 0 Å². The third-order valence-corrected chi connectivity index (χ3v) is 3.37. The van der Waals surface area contributed by atoms with Gasteiger partial charge in [-0.1, -0.05) is 34.1 Å². The molecule has 0 N–H and O–H groups in total. The van der Waals surface area contributed by atoms with E-state index in [-0.39, 0.29) is 0 Å². The quantitative estimate of drug-likeness (QED) is 0.700. The van der Waals surface area contributed by atoms with Crippen LogP contribution in [0.25, 0.3) is 0 Å². The normalized spacial score (nSPS) is 14.0. The van der Waals surface area contributed by atoms with E-state index in [0.717, 1.165) is 0 Å². The van der Waals surface area contributed by atoms with Crippen molar-refractivity contribution < 1.29 is 0 Å². The number of hydrogen-bond donors (Lipinski definition) is 0. The molecule has 78 valence electrons. The molecule has 0 aliphatic heterocycles. The van der Waals surface area contributed by atoms with Crippen molar-refractivity contribution in [2.45, 2.75) is 46.5 Å². The smallest absolute Gasteiger partial charge is 0.0270 e. The van der Waals surface area contributed by atoms with E-state index in [1.165, 1.54) is 18.4 Å². The number of nitrogens with zero attached hydrogens (tertiary/aromatic N) is 1. The average Bonchev–Trinajstić information content (AvgIpc) is 2.20. The third kappa shape index (κ3) is 2.34. The molecule has 0 aromatic carbocycles. The van der Waals surface area contributed by atoms with Gasteiger partial charge >= 0.3 is 0 Å². The Bertz CT molecular complexity index is 264. The average molecular weight is 191 g/mol. The summed E-state index contributed by atoms with van der Waals surface area (Å²) >= 11 is 0. The first-order valence-corrected chi connectivity index (χ1v) is 5.51. The fraction of sp³-hybridized carbons (Fsp3) is 0.615. The molecular formula is C13H21N. The van der Waals surface area contributed by atoms with E-state index in [9.17, 15) is 0 Å². The third-order valence-electron chi connectivity index (χ3n) is 3.37. The SMILES string of the molecule is CCC(c1ccncc1)C(C)(C)CC. The summed E-state index contributed by atoms with van der Waals surface area (Å²) in [6, 6.07) is 4.29. The molecule has 1 heterocycles. The summed E-state index contributed by atoms with van der Waals surface area (Å²) in [6.07, 6.45) is 6.20. The first kappa shape index (κ1) is 11.2. The summed E-state index contributed by atoms with van der Waals surface area (Å²) in [5.74, 6) is 0.649. The Hall–Kier alpha value is -0.850. The maximum absolute atomic E-state index is 4.07. The standard InChI is InChI=1S/C13H21N/c1-5-12(13(3,4)6-2)11-7-9-14-10-8-11/h7-10,12H,5-6H2,1-4H3. The van der Waals surface area contributed by atoms with Crippen molar-refractivity contribution in [1.82, 2.24) is 4.98 Å². The van der Waals surface area contributed by atoms with Gasteiger partial charge in [-0.05, 0) is 35.4 Å². The van der Waals surface area contributed by atoms with E-state index < -0.39 is 0 Å². The van der Waals surface area contributed by atoms with E-state index in [4.69, 9.17) is 0 Å². The van der Waals surface area contributed by atoms with Gasteiger partial charge < -0.3 is 0 Å². The van der Waals surface area contributed by atoms with Crippen LogP contribution in [0, 0.1) is 5.41 Å². The van der Waals surface area contributed by atoms with Crippen molar-refractivity contribution in [3.05, 3.63) is 30.1 Å². The lowest BCUT2D eigenvalue weighted by molar-refractivity contribution is 0.267. The molecule has 0 fully saturated rings. The Labute approximate surface area is 87.6 Å². The van der Waals surface area contributed by atoms with Gasteiger partial charge in [0.25, 0.3) is 0 Å². The molecule has 0 aliphatic carbocycles. The second kappa shape index (κ2) is 4.59. The maximum Gasteiger partial charge on any atom is 0.0270 e. The molecule has 0 spiro atoms. The highest BCUT2D eigenvalue weighted by Gasteiger charge is 2.27. The molecule has 1 rings (SSSR count). The Kier molecular flexibility index (Phi) is 3.68. The molecule has 1 unspecified atom stereocenters. The van der Waals surface area contributed by atoms with Crippen LogP contribution >= 0.6 is 0 Å². The summed E-state index contributed by atoms with van der Waals surface area (Å²) in [5.41, 5.74) is 1.81. The predicted molar refractivity (Wildman–Crippen MR) is 61.3 cm³/mol. The van der Waals surface area contributed by atoms with Gasteiger partial charge in [-0.2, -0.15) is 0 Å². The first-order chi connectivity index (χ1) is 6.61. The largest absolute Gasteiger partial charge is 0.265 e. The van der Waals surface area contributed by atoms with Gasteiger partial charge in [-0.3, -0.25) is 4.98 Å². The summed E-state index contributed by atoms with van der Waals surface area (Å²) in [7, 11) is 0. The molecule has 0 radical (unpaired) electrons. The van der Waals surface area contributed by atoms with E-state index >= 15 is 0 Å². The summed E-state index contributed by atoms with van der Waals surface area (Å²) < 4.78 is 0. The zero-order valence-corrected chi connectivity index (χ0v) is 9.75. The predicted octanol–water partition coefficient (Wildman–Crippen LogP) is 4.01. The first-order valence-electron chi connectivity index (χ1n) is 5.51. The van der Waals surface area contributed by atoms with Crippen LogP contribution in [0.1, 0.15) is 52.0 Å². The highest BCUT2D eigenvalue weighted by Crippen LogP contribution is 2.40. The lowest BCUT2D eigenvalue weighted by Crippen LogP contribution is -2.20. The minimum Gasteiger partial charge on any atom is -0.265 e. The van der Waals surface area contributed by atoms with E-state index in [0.29, 0.717) is 11.3 Å².